The van der Waals surface area contributed by atoms with Crippen molar-refractivity contribution in [3.8, 4) is 11.1 Å². The number of hydrogen-bond donors (Lipinski definition) is 3. The Kier molecular flexibility index (Phi) is 6.66. The fourth-order valence-corrected chi connectivity index (χ4v) is 3.54. The van der Waals surface area contributed by atoms with Crippen molar-refractivity contribution in [1.82, 2.24) is 10.6 Å². The third-order valence-corrected chi connectivity index (χ3v) is 5.48. The fraction of sp³-hybridized carbons (Fsp3) is 0.348. The number of hydrogen-bond acceptors (Lipinski definition) is 4. The predicted molar refractivity (Wildman–Crippen MR) is 112 cm³/mol. The summed E-state index contributed by atoms with van der Waals surface area (Å²) in [7, 11) is 0. The third kappa shape index (κ3) is 5.27. The number of nitrogens with one attached hydrogen (secondary N) is 2. The molecule has 0 aliphatic heterocycles. The molecule has 3 N–H and O–H groups in total. The molecule has 0 saturated carbocycles. The number of ether oxygens (including phenoxy) is 1. The summed E-state index contributed by atoms with van der Waals surface area (Å²) in [5, 5.41) is 12.5. The number of aliphatic carboxylic acids is 1. The molecule has 1 aliphatic carbocycles. The van der Waals surface area contributed by atoms with E-state index in [4.69, 9.17) is 9.84 Å². The van der Waals surface area contributed by atoms with Crippen molar-refractivity contribution in [3.63, 3.8) is 0 Å². The highest BCUT2D eigenvalue weighted by atomic mass is 19.4. The Balaban J connectivity index is 1.67. The van der Waals surface area contributed by atoms with Gasteiger partial charge >= 0.3 is 18.2 Å². The van der Waals surface area contributed by atoms with Crippen molar-refractivity contribution in [2.45, 2.75) is 32.0 Å². The predicted octanol–water partition coefficient (Wildman–Crippen LogP) is 3.68. The standard InChI is InChI=1S/C23H23F3N2O5/c1-22(2,20(30)31)12-27-19(29)18(23(24,25)26)28-21(32)33-11-17-15-9-5-3-7-13(15)14-8-4-6-10-16(14)17/h3-10,17-18H,11-12H2,1-2H3,(H,27,29)(H,28,32)(H,30,31). The number of benzene rings is 2. The molecule has 2 amide bonds. The number of halogens is 3. The molecular weight excluding hydrogens is 441 g/mol. The van der Waals surface area contributed by atoms with Gasteiger partial charge in [0.25, 0.3) is 5.91 Å². The largest absolute Gasteiger partial charge is 0.481 e. The van der Waals surface area contributed by atoms with Crippen LogP contribution in [-0.4, -0.2) is 48.4 Å². The SMILES string of the molecule is CC(C)(CNC(=O)C(NC(=O)OCC1c2ccccc2-c2ccccc21)C(F)(F)F)C(=O)O. The summed E-state index contributed by atoms with van der Waals surface area (Å²) in [5.74, 6) is -3.24. The molecule has 0 saturated heterocycles. The van der Waals surface area contributed by atoms with Crippen LogP contribution in [0.2, 0.25) is 0 Å². The average Bonchev–Trinajstić information content (AvgIpc) is 3.07. The number of fused-ring (bicyclic) bond motifs is 3. The number of alkyl halides is 3. The smallest absolute Gasteiger partial charge is 0.417 e. The molecule has 0 spiro atoms. The summed E-state index contributed by atoms with van der Waals surface area (Å²) in [5.41, 5.74) is 2.18. The Morgan fingerprint density at radius 1 is 1.00 bits per heavy atom. The van der Waals surface area contributed by atoms with Crippen molar-refractivity contribution < 1.29 is 37.4 Å². The first-order chi connectivity index (χ1) is 15.4. The molecule has 0 fully saturated rings. The van der Waals surface area contributed by atoms with Crippen LogP contribution in [0.25, 0.3) is 11.1 Å². The Morgan fingerprint density at radius 2 is 1.52 bits per heavy atom. The summed E-state index contributed by atoms with van der Waals surface area (Å²) < 4.78 is 45.3. The first kappa shape index (κ1) is 24.1. The molecule has 10 heteroatoms. The lowest BCUT2D eigenvalue weighted by molar-refractivity contribution is -0.168. The number of carboxylic acids is 1. The van der Waals surface area contributed by atoms with E-state index >= 15 is 0 Å². The van der Waals surface area contributed by atoms with Crippen molar-refractivity contribution in [1.29, 1.82) is 0 Å². The first-order valence-electron chi connectivity index (χ1n) is 10.1. The molecule has 0 aromatic heterocycles. The van der Waals surface area contributed by atoms with E-state index in [0.29, 0.717) is 0 Å². The number of amides is 2. The fourth-order valence-electron chi connectivity index (χ4n) is 3.54. The minimum Gasteiger partial charge on any atom is -0.481 e. The van der Waals surface area contributed by atoms with Crippen LogP contribution >= 0.6 is 0 Å². The minimum absolute atomic E-state index is 0.224. The number of carbonyl (C=O) groups excluding carboxylic acids is 2. The van der Waals surface area contributed by atoms with E-state index < -0.39 is 42.1 Å². The molecule has 1 atom stereocenters. The van der Waals surface area contributed by atoms with Gasteiger partial charge in [-0.2, -0.15) is 13.2 Å². The Bertz CT molecular complexity index is 1020. The summed E-state index contributed by atoms with van der Waals surface area (Å²) in [6.45, 7) is 1.71. The van der Waals surface area contributed by atoms with Crippen LogP contribution in [0, 0.1) is 5.41 Å². The zero-order chi connectivity index (χ0) is 24.4. The second-order valence-corrected chi connectivity index (χ2v) is 8.35. The van der Waals surface area contributed by atoms with E-state index in [2.05, 4.69) is 0 Å². The van der Waals surface area contributed by atoms with Crippen molar-refractivity contribution in [2.24, 2.45) is 5.41 Å². The lowest BCUT2D eigenvalue weighted by Crippen LogP contribution is -2.56. The maximum atomic E-state index is 13.4. The second kappa shape index (κ2) is 9.13. The van der Waals surface area contributed by atoms with Gasteiger partial charge in [0.15, 0.2) is 0 Å². The average molecular weight is 464 g/mol. The molecule has 2 aromatic rings. The van der Waals surface area contributed by atoms with Gasteiger partial charge < -0.3 is 20.5 Å². The zero-order valence-electron chi connectivity index (χ0n) is 17.9. The van der Waals surface area contributed by atoms with Gasteiger partial charge in [-0.05, 0) is 36.1 Å². The van der Waals surface area contributed by atoms with E-state index in [-0.39, 0.29) is 12.5 Å². The number of carbonyl (C=O) groups is 3. The number of carboxylic acid groups (broad SMARTS) is 1. The van der Waals surface area contributed by atoms with Crippen LogP contribution in [0.1, 0.15) is 30.9 Å². The van der Waals surface area contributed by atoms with Crippen molar-refractivity contribution in [2.75, 3.05) is 13.2 Å². The quantitative estimate of drug-likeness (QED) is 0.580. The van der Waals surface area contributed by atoms with Crippen LogP contribution < -0.4 is 10.6 Å². The van der Waals surface area contributed by atoms with Crippen LogP contribution in [0.4, 0.5) is 18.0 Å². The first-order valence-corrected chi connectivity index (χ1v) is 10.1. The van der Waals surface area contributed by atoms with Crippen molar-refractivity contribution in [3.05, 3.63) is 59.7 Å². The summed E-state index contributed by atoms with van der Waals surface area (Å²) in [6, 6.07) is 12.0. The molecule has 7 nitrogen and oxygen atoms in total. The normalized spacial score (nSPS) is 14.1. The van der Waals surface area contributed by atoms with Crippen LogP contribution in [0.3, 0.4) is 0 Å². The highest BCUT2D eigenvalue weighted by Crippen LogP contribution is 2.44. The maximum Gasteiger partial charge on any atom is 0.417 e. The van der Waals surface area contributed by atoms with E-state index in [1.165, 1.54) is 13.8 Å². The second-order valence-electron chi connectivity index (χ2n) is 8.35. The van der Waals surface area contributed by atoms with Crippen molar-refractivity contribution >= 4 is 18.0 Å². The topological polar surface area (TPSA) is 105 Å². The molecule has 0 radical (unpaired) electrons. The molecule has 33 heavy (non-hydrogen) atoms. The summed E-state index contributed by atoms with van der Waals surface area (Å²) in [4.78, 5) is 35.4. The Morgan fingerprint density at radius 3 is 2.00 bits per heavy atom. The van der Waals surface area contributed by atoms with Crippen LogP contribution in [-0.2, 0) is 14.3 Å². The van der Waals surface area contributed by atoms with Crippen LogP contribution in [0.15, 0.2) is 48.5 Å². The van der Waals surface area contributed by atoms with Gasteiger partial charge in [0.2, 0.25) is 6.04 Å². The van der Waals surface area contributed by atoms with Crippen LogP contribution in [0.5, 0.6) is 0 Å². The number of alkyl carbamates (subject to hydrolysis) is 1. The van der Waals surface area contributed by atoms with E-state index in [1.807, 2.05) is 53.8 Å². The molecule has 1 unspecified atom stereocenters. The lowest BCUT2D eigenvalue weighted by Gasteiger charge is -2.24. The van der Waals surface area contributed by atoms with E-state index in [0.717, 1.165) is 22.3 Å². The minimum atomic E-state index is -5.11. The van der Waals surface area contributed by atoms with E-state index in [1.54, 1.807) is 5.32 Å². The Hall–Kier alpha value is -3.56. The monoisotopic (exact) mass is 464 g/mol. The van der Waals surface area contributed by atoms with Gasteiger partial charge in [-0.1, -0.05) is 48.5 Å². The molecule has 0 bridgehead atoms. The van der Waals surface area contributed by atoms with Gasteiger partial charge in [-0.25, -0.2) is 4.79 Å². The highest BCUT2D eigenvalue weighted by molar-refractivity contribution is 5.87. The lowest BCUT2D eigenvalue weighted by atomic mass is 9.94. The number of rotatable bonds is 7. The molecule has 2 aromatic carbocycles. The Labute approximate surface area is 187 Å². The summed E-state index contributed by atoms with van der Waals surface area (Å²) >= 11 is 0. The molecule has 176 valence electrons. The zero-order valence-corrected chi connectivity index (χ0v) is 17.9. The molecular formula is C23H23F3N2O5. The molecule has 1 aliphatic rings. The van der Waals surface area contributed by atoms with Gasteiger partial charge in [0.1, 0.15) is 6.61 Å². The van der Waals surface area contributed by atoms with Gasteiger partial charge in [0.05, 0.1) is 5.41 Å². The highest BCUT2D eigenvalue weighted by Gasteiger charge is 2.47. The molecule has 0 heterocycles. The molecule has 3 rings (SSSR count). The third-order valence-electron chi connectivity index (χ3n) is 5.48. The van der Waals surface area contributed by atoms with Gasteiger partial charge in [-0.15, -0.1) is 0 Å². The van der Waals surface area contributed by atoms with Gasteiger partial charge in [-0.3, -0.25) is 9.59 Å². The van der Waals surface area contributed by atoms with Gasteiger partial charge in [0, 0.05) is 12.5 Å². The van der Waals surface area contributed by atoms with E-state index in [9.17, 15) is 27.6 Å². The maximum absolute atomic E-state index is 13.4. The summed E-state index contributed by atoms with van der Waals surface area (Å²) in [6.07, 6.45) is -6.52.